The summed E-state index contributed by atoms with van der Waals surface area (Å²) in [7, 11) is -3.49. The number of sulfonamides is 1. The zero-order valence-corrected chi connectivity index (χ0v) is 16.4. The van der Waals surface area contributed by atoms with Crippen LogP contribution in [0.3, 0.4) is 0 Å². The minimum absolute atomic E-state index is 0.0189. The molecule has 154 valence electrons. The highest BCUT2D eigenvalue weighted by atomic mass is 32.2. The molecule has 0 spiro atoms. The smallest absolute Gasteiger partial charge is 0.303 e. The highest BCUT2D eigenvalue weighted by Crippen LogP contribution is 2.11. The minimum Gasteiger partial charge on any atom is -0.491 e. The Bertz CT molecular complexity index is 811. The van der Waals surface area contributed by atoms with E-state index in [0.29, 0.717) is 18.6 Å². The quantitative estimate of drug-likeness (QED) is 0.325. The SMILES string of the molecule is CS(=O)(=O)N(CC#CCCCC(=O)O)CC=CC(O)COc1ccc(F)cc1. The molecule has 1 aromatic rings. The van der Waals surface area contributed by atoms with E-state index in [1.165, 1.54) is 36.4 Å². The van der Waals surface area contributed by atoms with Gasteiger partial charge in [-0.25, -0.2) is 12.8 Å². The first-order valence-corrected chi connectivity index (χ1v) is 10.4. The molecule has 0 aliphatic heterocycles. The number of carboxylic acid groups (broad SMARTS) is 1. The minimum atomic E-state index is -3.49. The van der Waals surface area contributed by atoms with E-state index in [1.54, 1.807) is 0 Å². The van der Waals surface area contributed by atoms with Crippen molar-refractivity contribution in [2.24, 2.45) is 0 Å². The fourth-order valence-corrected chi connectivity index (χ4v) is 2.64. The van der Waals surface area contributed by atoms with Gasteiger partial charge in [-0.3, -0.25) is 4.79 Å². The number of aliphatic hydroxyl groups excluding tert-OH is 1. The summed E-state index contributed by atoms with van der Waals surface area (Å²) in [6.45, 7) is -0.0704. The van der Waals surface area contributed by atoms with E-state index in [4.69, 9.17) is 9.84 Å². The predicted octanol–water partition coefficient (Wildman–Crippen LogP) is 1.64. The van der Waals surface area contributed by atoms with E-state index in [-0.39, 0.29) is 26.1 Å². The number of aliphatic hydroxyl groups is 1. The van der Waals surface area contributed by atoms with Crippen LogP contribution < -0.4 is 4.74 Å². The number of hydrogen-bond acceptors (Lipinski definition) is 5. The Morgan fingerprint density at radius 2 is 2.00 bits per heavy atom. The Hall–Kier alpha value is -2.41. The lowest BCUT2D eigenvalue weighted by Crippen LogP contribution is -2.30. The maximum atomic E-state index is 12.8. The molecule has 9 heteroatoms. The van der Waals surface area contributed by atoms with Gasteiger partial charge in [0.15, 0.2) is 0 Å². The van der Waals surface area contributed by atoms with Gasteiger partial charge in [0, 0.05) is 19.4 Å². The molecule has 0 saturated carbocycles. The molecule has 0 radical (unpaired) electrons. The van der Waals surface area contributed by atoms with Gasteiger partial charge in [-0.1, -0.05) is 18.1 Å². The van der Waals surface area contributed by atoms with Gasteiger partial charge in [0.1, 0.15) is 24.3 Å². The Balaban J connectivity index is 2.45. The largest absolute Gasteiger partial charge is 0.491 e. The summed E-state index contributed by atoms with van der Waals surface area (Å²) < 4.78 is 42.8. The molecule has 0 fully saturated rings. The van der Waals surface area contributed by atoms with E-state index in [2.05, 4.69) is 11.8 Å². The van der Waals surface area contributed by atoms with Crippen molar-refractivity contribution >= 4 is 16.0 Å². The number of rotatable bonds is 11. The van der Waals surface area contributed by atoms with E-state index >= 15 is 0 Å². The van der Waals surface area contributed by atoms with Gasteiger partial charge < -0.3 is 14.9 Å². The van der Waals surface area contributed by atoms with Crippen molar-refractivity contribution in [1.29, 1.82) is 0 Å². The molecule has 0 aliphatic rings. The van der Waals surface area contributed by atoms with E-state index < -0.39 is 27.9 Å². The molecule has 28 heavy (non-hydrogen) atoms. The van der Waals surface area contributed by atoms with Crippen LogP contribution in [-0.4, -0.2) is 61.0 Å². The number of halogens is 1. The molecule has 0 heterocycles. The first kappa shape index (κ1) is 23.6. The third-order valence-electron chi connectivity index (χ3n) is 3.44. The molecule has 1 aromatic carbocycles. The van der Waals surface area contributed by atoms with Crippen molar-refractivity contribution in [3.05, 3.63) is 42.2 Å². The van der Waals surface area contributed by atoms with Crippen molar-refractivity contribution < 1.29 is 32.6 Å². The molecule has 0 amide bonds. The van der Waals surface area contributed by atoms with Crippen LogP contribution in [0.1, 0.15) is 19.3 Å². The van der Waals surface area contributed by atoms with Crippen LogP contribution in [0.25, 0.3) is 0 Å². The average Bonchev–Trinajstić information content (AvgIpc) is 2.61. The molecular weight excluding hydrogens is 389 g/mol. The normalized spacial score (nSPS) is 12.6. The second-order valence-electron chi connectivity index (χ2n) is 5.92. The zero-order valence-electron chi connectivity index (χ0n) is 15.5. The molecule has 1 unspecified atom stereocenters. The van der Waals surface area contributed by atoms with Crippen molar-refractivity contribution in [3.63, 3.8) is 0 Å². The molecule has 1 atom stereocenters. The van der Waals surface area contributed by atoms with Crippen molar-refractivity contribution in [1.82, 2.24) is 4.31 Å². The van der Waals surface area contributed by atoms with Crippen LogP contribution in [-0.2, 0) is 14.8 Å². The number of nitrogens with zero attached hydrogens (tertiary/aromatic N) is 1. The second kappa shape index (κ2) is 12.1. The number of carbonyl (C=O) groups is 1. The fourth-order valence-electron chi connectivity index (χ4n) is 1.98. The van der Waals surface area contributed by atoms with Gasteiger partial charge >= 0.3 is 5.97 Å². The van der Waals surface area contributed by atoms with Crippen LogP contribution >= 0.6 is 0 Å². The standard InChI is InChI=1S/C19H24FNO6S/c1-28(25,26)21(13-5-3-2-4-8-19(23)24)14-6-7-17(22)15-27-18-11-9-16(20)10-12-18/h6-7,9-12,17,22H,2,4,8,13-15H2,1H3,(H,23,24). The molecule has 0 aromatic heterocycles. The maximum Gasteiger partial charge on any atom is 0.303 e. The fraction of sp³-hybridized carbons (Fsp3) is 0.421. The number of aliphatic carboxylic acids is 1. The highest BCUT2D eigenvalue weighted by molar-refractivity contribution is 7.88. The van der Waals surface area contributed by atoms with E-state index in [9.17, 15) is 22.7 Å². The predicted molar refractivity (Wildman–Crippen MR) is 103 cm³/mol. The van der Waals surface area contributed by atoms with Crippen molar-refractivity contribution in [2.45, 2.75) is 25.4 Å². The molecule has 2 N–H and O–H groups in total. The van der Waals surface area contributed by atoms with Crippen LogP contribution in [0.4, 0.5) is 4.39 Å². The molecule has 0 saturated heterocycles. The van der Waals surface area contributed by atoms with Gasteiger partial charge in [0.2, 0.25) is 10.0 Å². The highest BCUT2D eigenvalue weighted by Gasteiger charge is 2.13. The van der Waals surface area contributed by atoms with Gasteiger partial charge in [0.25, 0.3) is 0 Å². The lowest BCUT2D eigenvalue weighted by atomic mass is 10.2. The summed E-state index contributed by atoms with van der Waals surface area (Å²) in [6.07, 6.45) is 3.79. The van der Waals surface area contributed by atoms with Crippen LogP contribution in [0.5, 0.6) is 5.75 Å². The van der Waals surface area contributed by atoms with Crippen molar-refractivity contribution in [2.75, 3.05) is 26.0 Å². The van der Waals surface area contributed by atoms with Gasteiger partial charge in [-0.2, -0.15) is 4.31 Å². The Morgan fingerprint density at radius 1 is 1.32 bits per heavy atom. The Kier molecular flexibility index (Phi) is 10.2. The number of hydrogen-bond donors (Lipinski definition) is 2. The first-order chi connectivity index (χ1) is 13.2. The molecular formula is C19H24FNO6S. The van der Waals surface area contributed by atoms with Crippen LogP contribution in [0.15, 0.2) is 36.4 Å². The summed E-state index contributed by atoms with van der Waals surface area (Å²) in [5, 5.41) is 18.4. The molecule has 7 nitrogen and oxygen atoms in total. The summed E-state index contributed by atoms with van der Waals surface area (Å²) in [5.74, 6) is 4.57. The maximum absolute atomic E-state index is 12.8. The van der Waals surface area contributed by atoms with E-state index in [1.807, 2.05) is 0 Å². The first-order valence-electron chi connectivity index (χ1n) is 8.54. The average molecular weight is 413 g/mol. The van der Waals surface area contributed by atoms with Gasteiger partial charge in [0.05, 0.1) is 12.8 Å². The number of ether oxygens (including phenoxy) is 1. The molecule has 1 rings (SSSR count). The van der Waals surface area contributed by atoms with Crippen molar-refractivity contribution in [3.8, 4) is 17.6 Å². The number of unbranched alkanes of at least 4 members (excludes halogenated alkanes) is 1. The van der Waals surface area contributed by atoms with Gasteiger partial charge in [-0.05, 0) is 30.7 Å². The summed E-state index contributed by atoms with van der Waals surface area (Å²) in [4.78, 5) is 10.4. The Morgan fingerprint density at radius 3 is 2.61 bits per heavy atom. The topological polar surface area (TPSA) is 104 Å². The monoisotopic (exact) mass is 413 g/mol. The summed E-state index contributed by atoms with van der Waals surface area (Å²) >= 11 is 0. The Labute approximate surface area is 164 Å². The molecule has 0 bridgehead atoms. The van der Waals surface area contributed by atoms with E-state index in [0.717, 1.165) is 10.6 Å². The molecule has 0 aliphatic carbocycles. The lowest BCUT2D eigenvalue weighted by Gasteiger charge is -2.15. The number of benzene rings is 1. The summed E-state index contributed by atoms with van der Waals surface area (Å²) in [5.41, 5.74) is 0. The number of carboxylic acids is 1. The zero-order chi connectivity index (χ0) is 21.0. The van der Waals surface area contributed by atoms with Gasteiger partial charge in [-0.15, -0.1) is 5.92 Å². The third kappa shape index (κ3) is 10.7. The van der Waals surface area contributed by atoms with Crippen LogP contribution in [0.2, 0.25) is 0 Å². The summed E-state index contributed by atoms with van der Waals surface area (Å²) in [6, 6.07) is 5.35. The second-order valence-corrected chi connectivity index (χ2v) is 7.90. The third-order valence-corrected chi connectivity index (χ3v) is 4.66. The lowest BCUT2D eigenvalue weighted by molar-refractivity contribution is -0.137. The van der Waals surface area contributed by atoms with Crippen LogP contribution in [0, 0.1) is 17.7 Å².